The summed E-state index contributed by atoms with van der Waals surface area (Å²) in [4.78, 5) is -0.317. The number of nitrogens with one attached hydrogen (secondary N) is 1. The highest BCUT2D eigenvalue weighted by molar-refractivity contribution is 7.99. The highest BCUT2D eigenvalue weighted by Crippen LogP contribution is 2.33. The van der Waals surface area contributed by atoms with Crippen LogP contribution in [0.5, 0.6) is 0 Å². The van der Waals surface area contributed by atoms with Crippen molar-refractivity contribution in [3.63, 3.8) is 0 Å². The van der Waals surface area contributed by atoms with Gasteiger partial charge in [0.25, 0.3) is 0 Å². The average Bonchev–Trinajstić information content (AvgIpc) is 2.86. The largest absolute Gasteiger partial charge is 0.381 e. The van der Waals surface area contributed by atoms with Crippen LogP contribution in [0.3, 0.4) is 0 Å². The lowest BCUT2D eigenvalue weighted by molar-refractivity contribution is 0.235. The fraction of sp³-hybridized carbons (Fsp3) is 0.538. The van der Waals surface area contributed by atoms with Crippen LogP contribution >= 0.6 is 11.8 Å². The maximum Gasteiger partial charge on any atom is 0.341 e. The number of sulfone groups is 1. The van der Waals surface area contributed by atoms with Gasteiger partial charge in [-0.2, -0.15) is 20.5 Å². The minimum atomic E-state index is -4.57. The smallest absolute Gasteiger partial charge is 0.341 e. The van der Waals surface area contributed by atoms with Crippen LogP contribution in [-0.2, 0) is 9.84 Å². The van der Waals surface area contributed by atoms with Crippen LogP contribution in [0.15, 0.2) is 29.2 Å². The molecule has 2 unspecified atom stereocenters. The molecule has 112 valence electrons. The molecular weight excluding hydrogens is 304 g/mol. The molecule has 7 heteroatoms. The van der Waals surface area contributed by atoms with Gasteiger partial charge in [0.2, 0.25) is 9.84 Å². The van der Waals surface area contributed by atoms with Crippen molar-refractivity contribution in [1.82, 2.24) is 0 Å². The number of alkyl halides is 2. The quantitative estimate of drug-likeness (QED) is 0.903. The predicted molar refractivity (Wildman–Crippen MR) is 78.2 cm³/mol. The minimum Gasteiger partial charge on any atom is -0.381 e. The van der Waals surface area contributed by atoms with E-state index in [0.717, 1.165) is 19.3 Å². The lowest BCUT2D eigenvalue weighted by Crippen LogP contribution is -2.20. The lowest BCUT2D eigenvalue weighted by atomic mass is 10.2. The zero-order chi connectivity index (χ0) is 14.8. The number of hydrogen-bond acceptors (Lipinski definition) is 4. The fourth-order valence-electron chi connectivity index (χ4n) is 2.44. The van der Waals surface area contributed by atoms with Crippen LogP contribution in [0.1, 0.15) is 19.3 Å². The number of anilines is 1. The molecule has 1 N–H and O–H groups in total. The van der Waals surface area contributed by atoms with E-state index >= 15 is 0 Å². The monoisotopic (exact) mass is 321 g/mol. The van der Waals surface area contributed by atoms with Gasteiger partial charge in [-0.05, 0) is 37.7 Å². The van der Waals surface area contributed by atoms with Crippen LogP contribution in [-0.4, -0.2) is 31.7 Å². The van der Waals surface area contributed by atoms with Crippen molar-refractivity contribution >= 4 is 27.3 Å². The summed E-state index contributed by atoms with van der Waals surface area (Å²) in [5, 5.41) is 3.66. The Bertz CT molecular complexity index is 563. The molecular formula is C13H17F2NO2S2. The van der Waals surface area contributed by atoms with Crippen molar-refractivity contribution in [3.05, 3.63) is 24.3 Å². The third-order valence-corrected chi connectivity index (χ3v) is 6.04. The summed E-state index contributed by atoms with van der Waals surface area (Å²) < 4.78 is 48.7. The summed E-state index contributed by atoms with van der Waals surface area (Å²) in [6, 6.07) is 6.02. The molecule has 0 saturated heterocycles. The number of hydrogen-bond donors (Lipinski definition) is 1. The standard InChI is InChI=1S/C13H17F2NO2S2/c1-19-10-7-6-9(8-10)16-11-4-2-3-5-12(11)20(17,18)13(14)15/h2-5,9-10,13,16H,6-8H2,1H3. The predicted octanol–water partition coefficient (Wildman–Crippen LogP) is 3.38. The molecule has 0 amide bonds. The van der Waals surface area contributed by atoms with E-state index in [9.17, 15) is 17.2 Å². The van der Waals surface area contributed by atoms with E-state index in [1.807, 2.05) is 6.26 Å². The zero-order valence-electron chi connectivity index (χ0n) is 11.1. The van der Waals surface area contributed by atoms with Crippen LogP contribution in [0, 0.1) is 0 Å². The summed E-state index contributed by atoms with van der Waals surface area (Å²) >= 11 is 1.78. The molecule has 3 nitrogen and oxygen atoms in total. The molecule has 1 aromatic rings. The Labute approximate surface area is 122 Å². The summed E-state index contributed by atoms with van der Waals surface area (Å²) in [6.07, 6.45) is 4.95. The van der Waals surface area contributed by atoms with E-state index in [4.69, 9.17) is 0 Å². The summed E-state index contributed by atoms with van der Waals surface area (Å²) in [7, 11) is -4.57. The van der Waals surface area contributed by atoms with Crippen molar-refractivity contribution in [1.29, 1.82) is 0 Å². The highest BCUT2D eigenvalue weighted by atomic mass is 32.2. The molecule has 0 bridgehead atoms. The first-order valence-corrected chi connectivity index (χ1v) is 9.19. The Morgan fingerprint density at radius 1 is 1.30 bits per heavy atom. The van der Waals surface area contributed by atoms with Gasteiger partial charge in [-0.3, -0.25) is 0 Å². The van der Waals surface area contributed by atoms with Crippen molar-refractivity contribution in [2.75, 3.05) is 11.6 Å². The van der Waals surface area contributed by atoms with Crippen LogP contribution < -0.4 is 5.32 Å². The Kier molecular flexibility index (Phi) is 4.90. The molecule has 0 heterocycles. The molecule has 1 aliphatic carbocycles. The number of thioether (sulfide) groups is 1. The first-order valence-electron chi connectivity index (χ1n) is 6.35. The summed E-state index contributed by atoms with van der Waals surface area (Å²) in [5.41, 5.74) is 0.277. The van der Waals surface area contributed by atoms with E-state index in [2.05, 4.69) is 5.32 Å². The van der Waals surface area contributed by atoms with Crippen molar-refractivity contribution in [2.45, 2.75) is 41.2 Å². The first-order chi connectivity index (χ1) is 9.45. The second-order valence-corrected chi connectivity index (χ2v) is 7.84. The molecule has 1 saturated carbocycles. The van der Waals surface area contributed by atoms with Gasteiger partial charge in [-0.1, -0.05) is 12.1 Å². The van der Waals surface area contributed by atoms with E-state index in [1.165, 1.54) is 12.1 Å². The van der Waals surface area contributed by atoms with Crippen molar-refractivity contribution in [3.8, 4) is 0 Å². The molecule has 1 aromatic carbocycles. The van der Waals surface area contributed by atoms with E-state index < -0.39 is 15.6 Å². The third kappa shape index (κ3) is 3.25. The molecule has 0 spiro atoms. The van der Waals surface area contributed by atoms with Gasteiger partial charge >= 0.3 is 5.76 Å². The molecule has 0 aromatic heterocycles. The van der Waals surface area contributed by atoms with Gasteiger partial charge in [-0.15, -0.1) is 0 Å². The Hall–Kier alpha value is -0.820. The maximum atomic E-state index is 12.7. The van der Waals surface area contributed by atoms with Gasteiger partial charge in [0.1, 0.15) is 0 Å². The average molecular weight is 321 g/mol. The zero-order valence-corrected chi connectivity index (χ0v) is 12.7. The lowest BCUT2D eigenvalue weighted by Gasteiger charge is -2.17. The van der Waals surface area contributed by atoms with Crippen molar-refractivity contribution in [2.24, 2.45) is 0 Å². The molecule has 2 atom stereocenters. The van der Waals surface area contributed by atoms with Crippen LogP contribution in [0.2, 0.25) is 0 Å². The Balaban J connectivity index is 2.21. The fourth-order valence-corrected chi connectivity index (χ4v) is 4.13. The normalized spacial score (nSPS) is 23.2. The second kappa shape index (κ2) is 6.30. The third-order valence-electron chi connectivity index (χ3n) is 3.51. The van der Waals surface area contributed by atoms with Gasteiger partial charge < -0.3 is 5.32 Å². The first kappa shape index (κ1) is 15.6. The molecule has 0 radical (unpaired) electrons. The maximum absolute atomic E-state index is 12.7. The SMILES string of the molecule is CSC1CCC(Nc2ccccc2S(=O)(=O)C(F)F)C1. The van der Waals surface area contributed by atoms with Gasteiger partial charge in [0, 0.05) is 11.3 Å². The van der Waals surface area contributed by atoms with Crippen LogP contribution in [0.25, 0.3) is 0 Å². The van der Waals surface area contributed by atoms with Gasteiger partial charge in [0.05, 0.1) is 10.6 Å². The molecule has 20 heavy (non-hydrogen) atoms. The summed E-state index contributed by atoms with van der Waals surface area (Å²) in [6.45, 7) is 0. The molecule has 1 aliphatic rings. The number of rotatable bonds is 5. The van der Waals surface area contributed by atoms with Crippen molar-refractivity contribution < 1.29 is 17.2 Å². The van der Waals surface area contributed by atoms with Gasteiger partial charge in [0.15, 0.2) is 0 Å². The molecule has 2 rings (SSSR count). The van der Waals surface area contributed by atoms with Crippen LogP contribution in [0.4, 0.5) is 14.5 Å². The van der Waals surface area contributed by atoms with E-state index in [0.29, 0.717) is 5.25 Å². The minimum absolute atomic E-state index is 0.140. The highest BCUT2D eigenvalue weighted by Gasteiger charge is 2.30. The van der Waals surface area contributed by atoms with Gasteiger partial charge in [-0.25, -0.2) is 8.42 Å². The summed E-state index contributed by atoms with van der Waals surface area (Å²) in [5.74, 6) is -3.40. The number of benzene rings is 1. The molecule has 0 aliphatic heterocycles. The van der Waals surface area contributed by atoms with E-state index in [1.54, 1.807) is 23.9 Å². The number of halogens is 2. The topological polar surface area (TPSA) is 46.2 Å². The molecule has 1 fully saturated rings. The second-order valence-electron chi connectivity index (χ2n) is 4.81. The Morgan fingerprint density at radius 3 is 2.60 bits per heavy atom. The van der Waals surface area contributed by atoms with E-state index in [-0.39, 0.29) is 16.6 Å². The number of para-hydroxylation sites is 1. The Morgan fingerprint density at radius 2 is 2.00 bits per heavy atom.